The molecule has 0 rings (SSSR count). The van der Waals surface area contributed by atoms with Crippen molar-refractivity contribution >= 4 is 7.60 Å². The zero-order valence-corrected chi connectivity index (χ0v) is 11.6. The third-order valence-corrected chi connectivity index (χ3v) is 3.69. The first-order valence-electron chi connectivity index (χ1n) is 5.18. The van der Waals surface area contributed by atoms with Gasteiger partial charge in [0.2, 0.25) is 0 Å². The molecule has 92 valence electrons. The predicted octanol–water partition coefficient (Wildman–Crippen LogP) is 2.77. The van der Waals surface area contributed by atoms with Crippen LogP contribution >= 0.6 is 7.60 Å². The second kappa shape index (κ2) is 4.96. The van der Waals surface area contributed by atoms with Crippen molar-refractivity contribution in [2.75, 3.05) is 12.7 Å². The molecule has 0 atom stereocenters. The van der Waals surface area contributed by atoms with Crippen LogP contribution in [-0.2, 0) is 13.6 Å². The molecule has 4 nitrogen and oxygen atoms in total. The van der Waals surface area contributed by atoms with Gasteiger partial charge in [0.15, 0.2) is 0 Å². The first-order chi connectivity index (χ1) is 6.47. The van der Waals surface area contributed by atoms with E-state index < -0.39 is 18.8 Å². The van der Waals surface area contributed by atoms with Gasteiger partial charge in [-0.1, -0.05) is 0 Å². The van der Waals surface area contributed by atoms with Crippen LogP contribution in [0.3, 0.4) is 0 Å². The molecule has 0 amide bonds. The fourth-order valence-electron chi connectivity index (χ4n) is 1.10. The van der Waals surface area contributed by atoms with Crippen LogP contribution in [0.2, 0.25) is 0 Å². The summed E-state index contributed by atoms with van der Waals surface area (Å²) in [5, 5.41) is 0. The molecule has 0 aliphatic rings. The molecule has 5 heteroatoms. The van der Waals surface area contributed by atoms with Crippen LogP contribution in [0, 0.1) is 0 Å². The minimum atomic E-state index is -3.09. The summed E-state index contributed by atoms with van der Waals surface area (Å²) in [6.07, 6.45) is 0.252. The predicted molar refractivity (Wildman–Crippen MR) is 63.2 cm³/mol. The second-order valence-corrected chi connectivity index (χ2v) is 7.56. The van der Waals surface area contributed by atoms with Crippen molar-refractivity contribution in [1.29, 1.82) is 0 Å². The first-order valence-corrected chi connectivity index (χ1v) is 6.91. The fraction of sp³-hybridized carbons (Fsp3) is 1.00. The monoisotopic (exact) mass is 237 g/mol. The lowest BCUT2D eigenvalue weighted by molar-refractivity contribution is 0.0496. The van der Waals surface area contributed by atoms with Gasteiger partial charge in [-0.25, -0.2) is 0 Å². The minimum Gasteiger partial charge on any atom is -0.330 e. The van der Waals surface area contributed by atoms with Crippen LogP contribution in [0.4, 0.5) is 0 Å². The van der Waals surface area contributed by atoms with Crippen LogP contribution in [-0.4, -0.2) is 23.9 Å². The number of hydrogen-bond acceptors (Lipinski definition) is 4. The summed E-state index contributed by atoms with van der Waals surface area (Å²) < 4.78 is 23.3. The Labute approximate surface area is 93.1 Å². The molecule has 0 aromatic rings. The zero-order chi connectivity index (χ0) is 12.3. The van der Waals surface area contributed by atoms with Crippen molar-refractivity contribution in [2.24, 2.45) is 5.73 Å². The summed E-state index contributed by atoms with van der Waals surface area (Å²) >= 11 is 0. The average molecular weight is 237 g/mol. The van der Waals surface area contributed by atoms with E-state index in [4.69, 9.17) is 14.8 Å². The topological polar surface area (TPSA) is 61.5 Å². The Morgan fingerprint density at radius 1 is 1.00 bits per heavy atom. The summed E-state index contributed by atoms with van der Waals surface area (Å²) in [6, 6.07) is 0. The molecule has 0 heterocycles. The van der Waals surface area contributed by atoms with Gasteiger partial charge in [0, 0.05) is 6.54 Å². The van der Waals surface area contributed by atoms with E-state index in [9.17, 15) is 4.57 Å². The largest absolute Gasteiger partial charge is 0.332 e. The normalized spacial score (nSPS) is 14.3. The van der Waals surface area contributed by atoms with Gasteiger partial charge in [-0.15, -0.1) is 0 Å². The highest BCUT2D eigenvalue weighted by atomic mass is 31.2. The summed E-state index contributed by atoms with van der Waals surface area (Å²) in [5.74, 6) is 0. The molecule has 0 aromatic carbocycles. The smallest absolute Gasteiger partial charge is 0.330 e. The van der Waals surface area contributed by atoms with Gasteiger partial charge in [-0.05, 0) is 41.5 Å². The molecule has 0 unspecified atom stereocenters. The third kappa shape index (κ3) is 7.97. The number of hydrogen-bond donors (Lipinski definition) is 1. The summed E-state index contributed by atoms with van der Waals surface area (Å²) in [4.78, 5) is 0. The highest BCUT2D eigenvalue weighted by molar-refractivity contribution is 7.53. The second-order valence-electron chi connectivity index (χ2n) is 5.53. The quantitative estimate of drug-likeness (QED) is 0.764. The van der Waals surface area contributed by atoms with Gasteiger partial charge in [0.05, 0.1) is 17.4 Å². The van der Waals surface area contributed by atoms with Gasteiger partial charge in [-0.3, -0.25) is 4.57 Å². The summed E-state index contributed by atoms with van der Waals surface area (Å²) in [5.41, 5.74) is 4.44. The van der Waals surface area contributed by atoms with E-state index in [0.717, 1.165) is 0 Å². The van der Waals surface area contributed by atoms with Crippen LogP contribution in [0.15, 0.2) is 0 Å². The van der Waals surface area contributed by atoms with E-state index in [1.54, 1.807) is 0 Å². The lowest BCUT2D eigenvalue weighted by atomic mass is 10.2. The summed E-state index contributed by atoms with van der Waals surface area (Å²) in [6.45, 7) is 11.4. The van der Waals surface area contributed by atoms with Crippen molar-refractivity contribution in [3.8, 4) is 0 Å². The molecule has 0 radical (unpaired) electrons. The zero-order valence-electron chi connectivity index (χ0n) is 10.7. The van der Waals surface area contributed by atoms with E-state index in [1.165, 1.54) is 0 Å². The highest BCUT2D eigenvalue weighted by Gasteiger charge is 2.34. The maximum absolute atomic E-state index is 12.3. The first kappa shape index (κ1) is 15.1. The highest BCUT2D eigenvalue weighted by Crippen LogP contribution is 2.53. The van der Waals surface area contributed by atoms with Gasteiger partial charge in [0.1, 0.15) is 0 Å². The molecule has 15 heavy (non-hydrogen) atoms. The van der Waals surface area contributed by atoms with Crippen molar-refractivity contribution in [1.82, 2.24) is 0 Å². The average Bonchev–Trinajstić information content (AvgIpc) is 1.74. The Morgan fingerprint density at radius 3 is 1.53 bits per heavy atom. The van der Waals surface area contributed by atoms with Gasteiger partial charge in [-0.2, -0.15) is 0 Å². The van der Waals surface area contributed by atoms with Gasteiger partial charge >= 0.3 is 7.60 Å². The van der Waals surface area contributed by atoms with Crippen LogP contribution in [0.1, 0.15) is 41.5 Å². The Kier molecular flexibility index (Phi) is 5.00. The number of rotatable bonds is 4. The Morgan fingerprint density at radius 2 is 1.33 bits per heavy atom. The molecule has 0 aliphatic heterocycles. The molecule has 0 fully saturated rings. The molecule has 0 aromatic heterocycles. The third-order valence-electron chi connectivity index (χ3n) is 1.23. The Bertz CT molecular complexity index is 220. The molecule has 0 saturated heterocycles. The minimum absolute atomic E-state index is 0.252. The number of nitrogens with two attached hydrogens (primary N) is 1. The van der Waals surface area contributed by atoms with Crippen molar-refractivity contribution in [3.63, 3.8) is 0 Å². The maximum Gasteiger partial charge on any atom is 0.332 e. The molecule has 0 saturated carbocycles. The molecular formula is C10H24NO3P. The van der Waals surface area contributed by atoms with Gasteiger partial charge < -0.3 is 14.8 Å². The molecule has 2 N–H and O–H groups in total. The van der Waals surface area contributed by atoms with Crippen LogP contribution in [0.5, 0.6) is 0 Å². The van der Waals surface area contributed by atoms with Gasteiger partial charge in [0.25, 0.3) is 0 Å². The summed E-state index contributed by atoms with van der Waals surface area (Å²) in [7, 11) is -3.09. The Hall–Kier alpha value is 0.110. The standard InChI is InChI=1S/C10H24NO3P/c1-9(2,3)13-15(12,8-7-11)14-10(4,5)6/h7-8,11H2,1-6H3. The van der Waals surface area contributed by atoms with E-state index in [0.29, 0.717) is 6.54 Å². The molecular weight excluding hydrogens is 213 g/mol. The Balaban J connectivity index is 4.68. The lowest BCUT2D eigenvalue weighted by Crippen LogP contribution is -2.26. The van der Waals surface area contributed by atoms with Crippen molar-refractivity contribution in [3.05, 3.63) is 0 Å². The van der Waals surface area contributed by atoms with E-state index >= 15 is 0 Å². The van der Waals surface area contributed by atoms with E-state index in [2.05, 4.69) is 0 Å². The maximum atomic E-state index is 12.3. The van der Waals surface area contributed by atoms with Crippen LogP contribution in [0.25, 0.3) is 0 Å². The van der Waals surface area contributed by atoms with E-state index in [-0.39, 0.29) is 6.16 Å². The van der Waals surface area contributed by atoms with Crippen molar-refractivity contribution < 1.29 is 13.6 Å². The van der Waals surface area contributed by atoms with Crippen LogP contribution < -0.4 is 5.73 Å². The fourth-order valence-corrected chi connectivity index (χ4v) is 3.31. The molecule has 0 spiro atoms. The molecule has 0 bridgehead atoms. The van der Waals surface area contributed by atoms with E-state index in [1.807, 2.05) is 41.5 Å². The SMILES string of the molecule is CC(C)(C)OP(=O)(CCN)OC(C)(C)C. The molecule has 0 aliphatic carbocycles. The van der Waals surface area contributed by atoms with Crippen molar-refractivity contribution in [2.45, 2.75) is 52.7 Å². The lowest BCUT2D eigenvalue weighted by Gasteiger charge is -2.31.